The fourth-order valence-corrected chi connectivity index (χ4v) is 4.73. The summed E-state index contributed by atoms with van der Waals surface area (Å²) in [5.41, 5.74) is 2.56. The monoisotopic (exact) mass is 482 g/mol. The van der Waals surface area contributed by atoms with Crippen molar-refractivity contribution in [3.63, 3.8) is 0 Å². The normalized spacial score (nSPS) is 14.5. The Labute approximate surface area is 205 Å². The van der Waals surface area contributed by atoms with Gasteiger partial charge >= 0.3 is 0 Å². The van der Waals surface area contributed by atoms with Gasteiger partial charge in [-0.15, -0.1) is 0 Å². The summed E-state index contributed by atoms with van der Waals surface area (Å²) in [5, 5.41) is 1.06. The number of carbonyl (C=O) groups excluding carboxylic acids is 1. The molecule has 1 heterocycles. The molecular weight excluding hydrogens is 455 g/mol. The van der Waals surface area contributed by atoms with Crippen molar-refractivity contribution in [3.05, 3.63) is 100 Å². The van der Waals surface area contributed by atoms with E-state index in [-0.39, 0.29) is 11.9 Å². The van der Waals surface area contributed by atoms with E-state index in [0.717, 1.165) is 26.2 Å². The maximum absolute atomic E-state index is 12.7. The summed E-state index contributed by atoms with van der Waals surface area (Å²) in [6.45, 7) is 3.60. The number of hydrogen-bond donors (Lipinski definition) is 0. The Morgan fingerprint density at radius 3 is 2.03 bits per heavy atom. The predicted molar refractivity (Wildman–Crippen MR) is 134 cm³/mol. The van der Waals surface area contributed by atoms with Crippen LogP contribution in [-0.4, -0.2) is 48.5 Å². The summed E-state index contributed by atoms with van der Waals surface area (Å²) in [7, 11) is 0. The number of benzene rings is 3. The van der Waals surface area contributed by atoms with Crippen molar-refractivity contribution < 1.29 is 9.53 Å². The summed E-state index contributed by atoms with van der Waals surface area (Å²) in [6.07, 6.45) is 1.11. The molecule has 3 aromatic rings. The van der Waals surface area contributed by atoms with E-state index in [2.05, 4.69) is 53.4 Å². The molecule has 1 saturated heterocycles. The van der Waals surface area contributed by atoms with Crippen LogP contribution in [0.3, 0.4) is 0 Å². The lowest BCUT2D eigenvalue weighted by Gasteiger charge is -2.40. The number of amides is 1. The van der Waals surface area contributed by atoms with Gasteiger partial charge in [0, 0.05) is 37.6 Å². The third-order valence-electron chi connectivity index (χ3n) is 5.95. The highest BCUT2D eigenvalue weighted by molar-refractivity contribution is 6.35. The largest absolute Gasteiger partial charge is 0.492 e. The van der Waals surface area contributed by atoms with Gasteiger partial charge in [-0.3, -0.25) is 9.69 Å². The highest BCUT2D eigenvalue weighted by Gasteiger charge is 2.27. The van der Waals surface area contributed by atoms with Gasteiger partial charge in [0.15, 0.2) is 0 Å². The van der Waals surface area contributed by atoms with Gasteiger partial charge in [0.05, 0.1) is 17.7 Å². The summed E-state index contributed by atoms with van der Waals surface area (Å²) in [4.78, 5) is 17.2. The van der Waals surface area contributed by atoms with Gasteiger partial charge in [-0.25, -0.2) is 0 Å². The Morgan fingerprint density at radius 2 is 1.45 bits per heavy atom. The lowest BCUT2D eigenvalue weighted by atomic mass is 9.96. The molecule has 1 aliphatic heterocycles. The van der Waals surface area contributed by atoms with Crippen LogP contribution in [0.5, 0.6) is 5.75 Å². The fraction of sp³-hybridized carbons (Fsp3) is 0.296. The topological polar surface area (TPSA) is 32.8 Å². The Balaban J connectivity index is 1.28. The standard InChI is InChI=1S/C27H28Cl2N2O2/c28-23-13-14-25(24(29)20-23)33-19-7-12-26(32)30-15-17-31(18-16-30)27(21-8-3-1-4-9-21)22-10-5-2-6-11-22/h1-6,8-11,13-14,20,27H,7,12,15-19H2. The SMILES string of the molecule is O=C(CCCOc1ccc(Cl)cc1Cl)N1CCN(C(c2ccccc2)c2ccccc2)CC1. The summed E-state index contributed by atoms with van der Waals surface area (Å²) in [5.74, 6) is 0.770. The second kappa shape index (κ2) is 11.6. The van der Waals surface area contributed by atoms with Gasteiger partial charge in [-0.1, -0.05) is 83.9 Å². The molecule has 0 spiro atoms. The minimum absolute atomic E-state index is 0.177. The quantitative estimate of drug-likeness (QED) is 0.364. The minimum Gasteiger partial charge on any atom is -0.492 e. The first kappa shape index (κ1) is 23.6. The average Bonchev–Trinajstić information content (AvgIpc) is 2.85. The average molecular weight is 483 g/mol. The molecule has 1 fully saturated rings. The molecule has 4 nitrogen and oxygen atoms in total. The van der Waals surface area contributed by atoms with E-state index < -0.39 is 0 Å². The lowest BCUT2D eigenvalue weighted by Crippen LogP contribution is -2.49. The summed E-state index contributed by atoms with van der Waals surface area (Å²) < 4.78 is 5.71. The Bertz CT molecular complexity index is 999. The van der Waals surface area contributed by atoms with Crippen molar-refractivity contribution in [1.82, 2.24) is 9.80 Å². The third-order valence-corrected chi connectivity index (χ3v) is 6.48. The lowest BCUT2D eigenvalue weighted by molar-refractivity contribution is -0.133. The van der Waals surface area contributed by atoms with Gasteiger partial charge < -0.3 is 9.64 Å². The molecule has 0 radical (unpaired) electrons. The second-order valence-corrected chi connectivity index (χ2v) is 9.01. The number of piperazine rings is 1. The molecule has 0 N–H and O–H groups in total. The molecule has 4 rings (SSSR count). The van der Waals surface area contributed by atoms with Crippen LogP contribution in [0.4, 0.5) is 0 Å². The van der Waals surface area contributed by atoms with Crippen molar-refractivity contribution in [2.45, 2.75) is 18.9 Å². The van der Waals surface area contributed by atoms with E-state index in [9.17, 15) is 4.79 Å². The molecule has 0 atom stereocenters. The fourth-order valence-electron chi connectivity index (χ4n) is 4.27. The van der Waals surface area contributed by atoms with Crippen molar-refractivity contribution in [3.8, 4) is 5.75 Å². The van der Waals surface area contributed by atoms with Gasteiger partial charge in [0.1, 0.15) is 5.75 Å². The van der Waals surface area contributed by atoms with Crippen LogP contribution in [0.15, 0.2) is 78.9 Å². The second-order valence-electron chi connectivity index (χ2n) is 8.17. The predicted octanol–water partition coefficient (Wildman–Crippen LogP) is 6.09. The molecule has 0 aliphatic carbocycles. The minimum atomic E-state index is 0.177. The van der Waals surface area contributed by atoms with E-state index >= 15 is 0 Å². The van der Waals surface area contributed by atoms with Gasteiger partial charge in [0.2, 0.25) is 5.91 Å². The molecule has 1 amide bonds. The summed E-state index contributed by atoms with van der Waals surface area (Å²) in [6, 6.07) is 26.5. The molecule has 6 heteroatoms. The van der Waals surface area contributed by atoms with Crippen LogP contribution < -0.4 is 4.74 Å². The zero-order chi connectivity index (χ0) is 23.0. The number of ether oxygens (including phenoxy) is 1. The van der Waals surface area contributed by atoms with Gasteiger partial charge in [0.25, 0.3) is 0 Å². The maximum atomic E-state index is 12.7. The van der Waals surface area contributed by atoms with Gasteiger partial charge in [-0.05, 0) is 35.7 Å². The molecular formula is C27H28Cl2N2O2. The first-order chi connectivity index (χ1) is 16.1. The number of rotatable bonds is 8. The molecule has 0 bridgehead atoms. The molecule has 33 heavy (non-hydrogen) atoms. The van der Waals surface area contributed by atoms with Crippen LogP contribution in [0.25, 0.3) is 0 Å². The van der Waals surface area contributed by atoms with E-state index in [1.54, 1.807) is 18.2 Å². The van der Waals surface area contributed by atoms with E-state index in [0.29, 0.717) is 35.2 Å². The first-order valence-corrected chi connectivity index (χ1v) is 12.1. The van der Waals surface area contributed by atoms with Crippen LogP contribution in [0.1, 0.15) is 30.0 Å². The molecule has 0 aromatic heterocycles. The Morgan fingerprint density at radius 1 is 0.848 bits per heavy atom. The zero-order valence-electron chi connectivity index (χ0n) is 18.5. The van der Waals surface area contributed by atoms with Gasteiger partial charge in [-0.2, -0.15) is 0 Å². The number of nitrogens with zero attached hydrogens (tertiary/aromatic N) is 2. The highest BCUT2D eigenvalue weighted by Crippen LogP contribution is 2.30. The van der Waals surface area contributed by atoms with E-state index in [4.69, 9.17) is 27.9 Å². The zero-order valence-corrected chi connectivity index (χ0v) is 20.0. The molecule has 172 valence electrons. The van der Waals surface area contributed by atoms with Crippen LogP contribution in [0, 0.1) is 0 Å². The smallest absolute Gasteiger partial charge is 0.222 e. The third kappa shape index (κ3) is 6.29. The molecule has 0 unspecified atom stereocenters. The Kier molecular flexibility index (Phi) is 8.27. The van der Waals surface area contributed by atoms with Crippen molar-refractivity contribution in [2.75, 3.05) is 32.8 Å². The highest BCUT2D eigenvalue weighted by atomic mass is 35.5. The van der Waals surface area contributed by atoms with E-state index in [1.165, 1.54) is 11.1 Å². The summed E-state index contributed by atoms with van der Waals surface area (Å²) >= 11 is 12.0. The van der Waals surface area contributed by atoms with E-state index in [1.807, 2.05) is 17.0 Å². The maximum Gasteiger partial charge on any atom is 0.222 e. The molecule has 3 aromatic carbocycles. The molecule has 0 saturated carbocycles. The number of carbonyl (C=O) groups is 1. The van der Waals surface area contributed by atoms with Crippen molar-refractivity contribution in [2.24, 2.45) is 0 Å². The number of halogens is 2. The molecule has 1 aliphatic rings. The Hall–Kier alpha value is -2.53. The number of hydrogen-bond acceptors (Lipinski definition) is 3. The first-order valence-electron chi connectivity index (χ1n) is 11.3. The van der Waals surface area contributed by atoms with Crippen molar-refractivity contribution >= 4 is 29.1 Å². The van der Waals surface area contributed by atoms with Crippen molar-refractivity contribution in [1.29, 1.82) is 0 Å². The van der Waals surface area contributed by atoms with Crippen LogP contribution in [-0.2, 0) is 4.79 Å². The van der Waals surface area contributed by atoms with Crippen LogP contribution >= 0.6 is 23.2 Å². The van der Waals surface area contributed by atoms with Crippen LogP contribution in [0.2, 0.25) is 10.0 Å².